The quantitative estimate of drug-likeness (QED) is 0.0187. The van der Waals surface area contributed by atoms with Gasteiger partial charge in [0.15, 0.2) is 6.29 Å². The predicted molar refractivity (Wildman–Crippen MR) is 274 cm³/mol. The maximum absolute atomic E-state index is 13.1. The van der Waals surface area contributed by atoms with Crippen LogP contribution in [-0.2, 0) is 61.9 Å². The van der Waals surface area contributed by atoms with Gasteiger partial charge in [-0.25, -0.2) is 0 Å². The van der Waals surface area contributed by atoms with Crippen molar-refractivity contribution < 1.29 is 61.9 Å². The van der Waals surface area contributed by atoms with Crippen molar-refractivity contribution in [3.8, 4) is 0 Å². The smallest absolute Gasteiger partial charge is 0.306 e. The Morgan fingerprint density at radius 3 is 1.42 bits per heavy atom. The highest BCUT2D eigenvalue weighted by molar-refractivity contribution is 5.71. The number of unbranched alkanes of at least 4 members (excludes halogenated alkanes) is 19. The molecule has 13 nitrogen and oxygen atoms in total. The first-order valence-corrected chi connectivity index (χ1v) is 27.7. The summed E-state index contributed by atoms with van der Waals surface area (Å²) in [4.78, 5) is 60.6. The minimum absolute atomic E-state index is 0.0277. The molecule has 0 aromatic carbocycles. The molecule has 4 atom stereocenters. The molecule has 69 heavy (non-hydrogen) atoms. The third kappa shape index (κ3) is 44.6. The van der Waals surface area contributed by atoms with E-state index in [1.165, 1.54) is 70.6 Å². The van der Waals surface area contributed by atoms with Crippen molar-refractivity contribution in [1.29, 1.82) is 0 Å². The average molecular weight is 983 g/mol. The van der Waals surface area contributed by atoms with Crippen molar-refractivity contribution in [2.45, 2.75) is 252 Å². The molecule has 0 saturated carbocycles. The SMILES string of the molecule is C=C(CCCCCCCC)OCC(COC(=O)CCCCCCC)CC(=O)OCCC(CCOC(=O)CC(COC)COC(=O)CCCCCCCC)OC1CCCCO1.CCCCCCCC=O. The Kier molecular flexibility index (Phi) is 47.7. The number of aldehydes is 1. The Labute approximate surface area is 420 Å². The van der Waals surface area contributed by atoms with Crippen molar-refractivity contribution in [3.05, 3.63) is 12.3 Å². The van der Waals surface area contributed by atoms with Gasteiger partial charge in [0.2, 0.25) is 0 Å². The summed E-state index contributed by atoms with van der Waals surface area (Å²) in [5, 5.41) is 0. The third-order valence-electron chi connectivity index (χ3n) is 12.1. The summed E-state index contributed by atoms with van der Waals surface area (Å²) < 4.78 is 45.7. The number of methoxy groups -OCH3 is 1. The van der Waals surface area contributed by atoms with E-state index in [0.717, 1.165) is 109 Å². The highest BCUT2D eigenvalue weighted by Crippen LogP contribution is 2.20. The Hall–Kier alpha value is -3.03. The molecule has 0 aliphatic carbocycles. The van der Waals surface area contributed by atoms with Crippen molar-refractivity contribution >= 4 is 30.2 Å². The lowest BCUT2D eigenvalue weighted by atomic mass is 10.1. The summed E-state index contributed by atoms with van der Waals surface area (Å²) in [6, 6.07) is 0. The van der Waals surface area contributed by atoms with E-state index in [9.17, 15) is 24.0 Å². The van der Waals surface area contributed by atoms with Gasteiger partial charge in [-0.05, 0) is 44.9 Å². The van der Waals surface area contributed by atoms with E-state index < -0.39 is 11.9 Å². The fourth-order valence-corrected chi connectivity index (χ4v) is 7.81. The fourth-order valence-electron chi connectivity index (χ4n) is 7.81. The summed E-state index contributed by atoms with van der Waals surface area (Å²) in [5.74, 6) is -1.38. The number of carbonyl (C=O) groups is 5. The van der Waals surface area contributed by atoms with Gasteiger partial charge in [-0.1, -0.05) is 150 Å². The minimum Gasteiger partial charge on any atom is -0.498 e. The molecule has 0 N–H and O–H groups in total. The van der Waals surface area contributed by atoms with Gasteiger partial charge in [0.1, 0.15) is 6.29 Å². The lowest BCUT2D eigenvalue weighted by molar-refractivity contribution is -0.195. The lowest BCUT2D eigenvalue weighted by Crippen LogP contribution is -2.30. The molecule has 0 radical (unpaired) electrons. The Morgan fingerprint density at radius 1 is 0.536 bits per heavy atom. The summed E-state index contributed by atoms with van der Waals surface area (Å²) in [6.45, 7) is 14.3. The maximum Gasteiger partial charge on any atom is 0.306 e. The molecule has 13 heteroatoms. The van der Waals surface area contributed by atoms with E-state index in [1.54, 1.807) is 7.11 Å². The Bertz CT molecular complexity index is 1240. The van der Waals surface area contributed by atoms with Crippen LogP contribution in [0.5, 0.6) is 0 Å². The van der Waals surface area contributed by atoms with Crippen molar-refractivity contribution in [2.24, 2.45) is 11.8 Å². The number of ether oxygens (including phenoxy) is 8. The molecule has 0 spiro atoms. The number of hydrogen-bond acceptors (Lipinski definition) is 13. The van der Waals surface area contributed by atoms with Crippen LogP contribution in [0.1, 0.15) is 240 Å². The van der Waals surface area contributed by atoms with Gasteiger partial charge in [-0.15, -0.1) is 0 Å². The molecule has 0 bridgehead atoms. The van der Waals surface area contributed by atoms with Gasteiger partial charge in [-0.3, -0.25) is 19.2 Å². The van der Waals surface area contributed by atoms with Crippen LogP contribution in [0.4, 0.5) is 0 Å². The molecule has 1 aliphatic heterocycles. The second-order valence-corrected chi connectivity index (χ2v) is 19.0. The van der Waals surface area contributed by atoms with Crippen LogP contribution in [0.15, 0.2) is 12.3 Å². The second kappa shape index (κ2) is 49.9. The zero-order valence-electron chi connectivity index (χ0n) is 44.7. The van der Waals surface area contributed by atoms with Crippen LogP contribution in [0, 0.1) is 11.8 Å². The van der Waals surface area contributed by atoms with Crippen LogP contribution in [0.3, 0.4) is 0 Å². The van der Waals surface area contributed by atoms with Crippen molar-refractivity contribution in [1.82, 2.24) is 0 Å². The average Bonchev–Trinajstić information content (AvgIpc) is 3.34. The third-order valence-corrected chi connectivity index (χ3v) is 12.1. The normalized spacial score (nSPS) is 14.7. The molecule has 1 rings (SSSR count). The van der Waals surface area contributed by atoms with Crippen molar-refractivity contribution in [3.63, 3.8) is 0 Å². The molecule has 404 valence electrons. The Balaban J connectivity index is 0.00000462. The largest absolute Gasteiger partial charge is 0.498 e. The maximum atomic E-state index is 13.1. The van der Waals surface area contributed by atoms with E-state index in [2.05, 4.69) is 34.3 Å². The van der Waals surface area contributed by atoms with Crippen molar-refractivity contribution in [2.75, 3.05) is 53.4 Å². The van der Waals surface area contributed by atoms with Crippen LogP contribution in [-0.4, -0.2) is 95.9 Å². The summed E-state index contributed by atoms with van der Waals surface area (Å²) in [7, 11) is 1.55. The molecule has 0 aromatic heterocycles. The molecule has 4 unspecified atom stereocenters. The summed E-state index contributed by atoms with van der Waals surface area (Å²) in [6.07, 6.45) is 31.0. The highest BCUT2D eigenvalue weighted by Gasteiger charge is 2.24. The standard InChI is InChI=1S/C48H86O12.C8H16O/c1-6-9-12-15-18-20-25-40(4)57-37-42(39-59-45(50)26-21-17-14-11-8-3)35-47(52)55-33-30-43(60-48-28-23-24-31-56-48)29-32-54-46(51)34-41(36-53-5)38-58-44(49)27-22-19-16-13-10-7-2;1-2-3-4-5-6-7-8-9/h41-43,48H,4,6-39H2,1-3,5H3;8H,2-7H2,1H3. The summed E-state index contributed by atoms with van der Waals surface area (Å²) >= 11 is 0. The predicted octanol–water partition coefficient (Wildman–Crippen LogP) is 13.4. The van der Waals surface area contributed by atoms with Crippen LogP contribution >= 0.6 is 0 Å². The minimum atomic E-state index is -0.420. The lowest BCUT2D eigenvalue weighted by Gasteiger charge is -2.28. The molecule has 0 aromatic rings. The van der Waals surface area contributed by atoms with Gasteiger partial charge < -0.3 is 42.7 Å². The first-order chi connectivity index (χ1) is 33.6. The van der Waals surface area contributed by atoms with Gasteiger partial charge in [-0.2, -0.15) is 0 Å². The molecular formula is C56H102O13. The van der Waals surface area contributed by atoms with Gasteiger partial charge >= 0.3 is 23.9 Å². The van der Waals surface area contributed by atoms with Crippen LogP contribution in [0.25, 0.3) is 0 Å². The molecular weight excluding hydrogens is 881 g/mol. The van der Waals surface area contributed by atoms with E-state index in [-0.39, 0.29) is 88.7 Å². The van der Waals surface area contributed by atoms with Gasteiger partial charge in [0.05, 0.1) is 64.3 Å². The zero-order chi connectivity index (χ0) is 50.8. The first kappa shape index (κ1) is 66.0. The van der Waals surface area contributed by atoms with Gasteiger partial charge in [0, 0.05) is 64.1 Å². The summed E-state index contributed by atoms with van der Waals surface area (Å²) in [5.41, 5.74) is 0. The zero-order valence-corrected chi connectivity index (χ0v) is 44.7. The van der Waals surface area contributed by atoms with Crippen LogP contribution < -0.4 is 0 Å². The number of esters is 4. The van der Waals surface area contributed by atoms with E-state index in [1.807, 2.05) is 0 Å². The molecule has 1 heterocycles. The number of carbonyl (C=O) groups excluding carboxylic acids is 5. The van der Waals surface area contributed by atoms with Crippen LogP contribution in [0.2, 0.25) is 0 Å². The Morgan fingerprint density at radius 2 is 0.971 bits per heavy atom. The number of hydrogen-bond donors (Lipinski definition) is 0. The van der Waals surface area contributed by atoms with E-state index in [0.29, 0.717) is 38.0 Å². The van der Waals surface area contributed by atoms with Gasteiger partial charge in [0.25, 0.3) is 0 Å². The molecule has 0 amide bonds. The molecule has 1 aliphatic rings. The second-order valence-electron chi connectivity index (χ2n) is 19.0. The molecule has 1 fully saturated rings. The number of allylic oxidation sites excluding steroid dienone is 1. The monoisotopic (exact) mass is 983 g/mol. The fraction of sp³-hybridized carbons (Fsp3) is 0.875. The molecule has 1 saturated heterocycles. The van der Waals surface area contributed by atoms with E-state index in [4.69, 9.17) is 37.9 Å². The number of rotatable bonds is 47. The van der Waals surface area contributed by atoms with E-state index >= 15 is 0 Å². The topological polar surface area (TPSA) is 159 Å². The highest BCUT2D eigenvalue weighted by atomic mass is 16.7. The first-order valence-electron chi connectivity index (χ1n) is 27.7.